The number of esters is 2. The Bertz CT molecular complexity index is 427. The standard InChI is InChI=1S/C9H12O2.C6H8O2/c1-4-9(5-6-9)11-8(10)7(2)3;1-5(7)8-6-3-2-4-6/h4H,1-2,5-6H2,3H3;3H,2,4H2,1H3. The molecule has 0 aromatic heterocycles. The van der Waals surface area contributed by atoms with Crippen LogP contribution in [0, 0.1) is 0 Å². The molecule has 0 atom stereocenters. The van der Waals surface area contributed by atoms with Crippen LogP contribution in [0.25, 0.3) is 0 Å². The maximum Gasteiger partial charge on any atom is 0.333 e. The topological polar surface area (TPSA) is 52.6 Å². The van der Waals surface area contributed by atoms with E-state index in [9.17, 15) is 9.59 Å². The van der Waals surface area contributed by atoms with Crippen molar-refractivity contribution in [2.45, 2.75) is 45.1 Å². The molecule has 0 aromatic carbocycles. The van der Waals surface area contributed by atoms with Crippen LogP contribution in [-0.2, 0) is 19.1 Å². The van der Waals surface area contributed by atoms with E-state index >= 15 is 0 Å². The lowest BCUT2D eigenvalue weighted by Crippen LogP contribution is -2.16. The molecule has 104 valence electrons. The van der Waals surface area contributed by atoms with Gasteiger partial charge in [0, 0.05) is 18.9 Å². The summed E-state index contributed by atoms with van der Waals surface area (Å²) in [4.78, 5) is 21.2. The third kappa shape index (κ3) is 5.12. The Labute approximate surface area is 113 Å². The molecule has 0 N–H and O–H groups in total. The zero-order valence-corrected chi connectivity index (χ0v) is 11.5. The van der Waals surface area contributed by atoms with E-state index in [0.29, 0.717) is 5.57 Å². The minimum atomic E-state index is -0.351. The minimum absolute atomic E-state index is 0.212. The predicted molar refractivity (Wildman–Crippen MR) is 72.2 cm³/mol. The molecule has 0 saturated heterocycles. The van der Waals surface area contributed by atoms with Gasteiger partial charge in [-0.1, -0.05) is 13.2 Å². The van der Waals surface area contributed by atoms with E-state index in [0.717, 1.165) is 31.4 Å². The Morgan fingerprint density at radius 3 is 2.16 bits per heavy atom. The number of allylic oxidation sites excluding steroid dienone is 2. The fourth-order valence-corrected chi connectivity index (χ4v) is 1.28. The van der Waals surface area contributed by atoms with Crippen LogP contribution in [-0.4, -0.2) is 17.5 Å². The molecule has 4 heteroatoms. The quantitative estimate of drug-likeness (QED) is 0.445. The average Bonchev–Trinajstić information content (AvgIpc) is 3.05. The fourth-order valence-electron chi connectivity index (χ4n) is 1.28. The molecule has 0 unspecified atom stereocenters. The third-order valence-corrected chi connectivity index (χ3v) is 2.80. The van der Waals surface area contributed by atoms with Gasteiger partial charge in [-0.25, -0.2) is 4.79 Å². The summed E-state index contributed by atoms with van der Waals surface area (Å²) in [5.41, 5.74) is 0.0916. The summed E-state index contributed by atoms with van der Waals surface area (Å²) in [5.74, 6) is 0.302. The van der Waals surface area contributed by atoms with Gasteiger partial charge in [0.15, 0.2) is 0 Å². The van der Waals surface area contributed by atoms with Crippen LogP contribution in [0.4, 0.5) is 0 Å². The first-order valence-corrected chi connectivity index (χ1v) is 6.28. The van der Waals surface area contributed by atoms with Crippen molar-refractivity contribution in [1.82, 2.24) is 0 Å². The van der Waals surface area contributed by atoms with Crippen molar-refractivity contribution >= 4 is 11.9 Å². The highest BCUT2D eigenvalue weighted by Gasteiger charge is 2.43. The number of carbonyl (C=O) groups excluding carboxylic acids is 2. The van der Waals surface area contributed by atoms with Gasteiger partial charge in [-0.3, -0.25) is 4.79 Å². The van der Waals surface area contributed by atoms with Crippen molar-refractivity contribution in [3.8, 4) is 0 Å². The first kappa shape index (κ1) is 15.2. The van der Waals surface area contributed by atoms with Gasteiger partial charge in [-0.15, -0.1) is 0 Å². The van der Waals surface area contributed by atoms with Gasteiger partial charge in [0.25, 0.3) is 0 Å². The van der Waals surface area contributed by atoms with Crippen molar-refractivity contribution < 1.29 is 19.1 Å². The Hall–Kier alpha value is -1.84. The smallest absolute Gasteiger partial charge is 0.333 e. The van der Waals surface area contributed by atoms with Crippen LogP contribution in [0.3, 0.4) is 0 Å². The number of hydrogen-bond acceptors (Lipinski definition) is 4. The van der Waals surface area contributed by atoms with Crippen molar-refractivity contribution in [2.24, 2.45) is 0 Å². The first-order chi connectivity index (χ1) is 8.88. The molecular formula is C15H20O4. The summed E-state index contributed by atoms with van der Waals surface area (Å²) in [6, 6.07) is 0. The van der Waals surface area contributed by atoms with Crippen molar-refractivity contribution in [1.29, 1.82) is 0 Å². The number of ether oxygens (including phenoxy) is 2. The van der Waals surface area contributed by atoms with E-state index in [4.69, 9.17) is 9.47 Å². The minimum Gasteiger partial charge on any atom is -0.451 e. The normalized spacial score (nSPS) is 17.7. The third-order valence-electron chi connectivity index (χ3n) is 2.80. The van der Waals surface area contributed by atoms with Gasteiger partial charge < -0.3 is 9.47 Å². The lowest BCUT2D eigenvalue weighted by atomic mass is 10.1. The highest BCUT2D eigenvalue weighted by atomic mass is 16.6. The molecule has 0 aliphatic heterocycles. The summed E-state index contributed by atoms with van der Waals surface area (Å²) in [6.07, 6.45) is 7.39. The molecule has 1 saturated carbocycles. The van der Waals surface area contributed by atoms with Crippen LogP contribution < -0.4 is 0 Å². The van der Waals surface area contributed by atoms with Gasteiger partial charge in [0.05, 0.1) is 0 Å². The van der Waals surface area contributed by atoms with Crippen LogP contribution >= 0.6 is 0 Å². The Morgan fingerprint density at radius 2 is 1.95 bits per heavy atom. The Morgan fingerprint density at radius 1 is 1.37 bits per heavy atom. The van der Waals surface area contributed by atoms with Crippen molar-refractivity contribution in [2.75, 3.05) is 0 Å². The number of carbonyl (C=O) groups is 2. The lowest BCUT2D eigenvalue weighted by molar-refractivity contribution is -0.143. The molecule has 0 heterocycles. The average molecular weight is 264 g/mol. The molecule has 4 nitrogen and oxygen atoms in total. The van der Waals surface area contributed by atoms with Crippen molar-refractivity contribution in [3.05, 3.63) is 36.6 Å². The largest absolute Gasteiger partial charge is 0.451 e. The maximum atomic E-state index is 11.0. The molecule has 2 aliphatic carbocycles. The van der Waals surface area contributed by atoms with Crippen LogP contribution in [0.15, 0.2) is 36.6 Å². The zero-order chi connectivity index (χ0) is 14.5. The van der Waals surface area contributed by atoms with Crippen LogP contribution in [0.5, 0.6) is 0 Å². The molecule has 0 bridgehead atoms. The first-order valence-electron chi connectivity index (χ1n) is 6.28. The highest BCUT2D eigenvalue weighted by Crippen LogP contribution is 2.40. The molecule has 0 radical (unpaired) electrons. The molecule has 0 spiro atoms. The van der Waals surface area contributed by atoms with Gasteiger partial charge >= 0.3 is 11.9 Å². The van der Waals surface area contributed by atoms with E-state index < -0.39 is 0 Å². The van der Waals surface area contributed by atoms with Gasteiger partial charge in [-0.05, 0) is 38.3 Å². The van der Waals surface area contributed by atoms with Gasteiger partial charge in [-0.2, -0.15) is 0 Å². The summed E-state index contributed by atoms with van der Waals surface area (Å²) in [5, 5.41) is 0. The molecule has 2 aliphatic rings. The lowest BCUT2D eigenvalue weighted by Gasteiger charge is -2.11. The molecule has 1 fully saturated rings. The van der Waals surface area contributed by atoms with E-state index in [2.05, 4.69) is 13.2 Å². The molecular weight excluding hydrogens is 244 g/mol. The maximum absolute atomic E-state index is 11.0. The molecule has 19 heavy (non-hydrogen) atoms. The summed E-state index contributed by atoms with van der Waals surface area (Å²) < 4.78 is 9.81. The molecule has 0 aromatic rings. The number of rotatable bonds is 4. The second kappa shape index (κ2) is 6.36. The zero-order valence-electron chi connectivity index (χ0n) is 11.5. The second-order valence-electron chi connectivity index (χ2n) is 4.74. The van der Waals surface area contributed by atoms with Gasteiger partial charge in [0.2, 0.25) is 0 Å². The van der Waals surface area contributed by atoms with E-state index in [1.165, 1.54) is 6.92 Å². The monoisotopic (exact) mass is 264 g/mol. The Balaban J connectivity index is 0.000000200. The second-order valence-corrected chi connectivity index (χ2v) is 4.74. The van der Waals surface area contributed by atoms with Crippen LogP contribution in [0.2, 0.25) is 0 Å². The molecule has 0 amide bonds. The van der Waals surface area contributed by atoms with E-state index in [1.54, 1.807) is 13.0 Å². The SMILES string of the molecule is C=CC1(OC(=O)C(=C)C)CC1.CC(=O)OC1=CCC1. The van der Waals surface area contributed by atoms with E-state index in [-0.39, 0.29) is 17.5 Å². The number of hydrogen-bond donors (Lipinski definition) is 0. The summed E-state index contributed by atoms with van der Waals surface area (Å²) in [6.45, 7) is 10.1. The Kier molecular flexibility index (Phi) is 5.10. The predicted octanol–water partition coefficient (Wildman–Crippen LogP) is 3.05. The highest BCUT2D eigenvalue weighted by molar-refractivity contribution is 5.87. The van der Waals surface area contributed by atoms with Gasteiger partial charge in [0.1, 0.15) is 11.4 Å². The summed E-state index contributed by atoms with van der Waals surface area (Å²) >= 11 is 0. The van der Waals surface area contributed by atoms with Crippen molar-refractivity contribution in [3.63, 3.8) is 0 Å². The summed E-state index contributed by atoms with van der Waals surface area (Å²) in [7, 11) is 0. The molecule has 2 rings (SSSR count). The fraction of sp³-hybridized carbons (Fsp3) is 0.467. The van der Waals surface area contributed by atoms with Crippen LogP contribution in [0.1, 0.15) is 39.5 Å². The van der Waals surface area contributed by atoms with E-state index in [1.807, 2.05) is 6.08 Å².